The van der Waals surface area contributed by atoms with E-state index in [0.717, 1.165) is 31.9 Å². The van der Waals surface area contributed by atoms with Crippen molar-refractivity contribution in [2.24, 2.45) is 0 Å². The van der Waals surface area contributed by atoms with Crippen molar-refractivity contribution in [3.05, 3.63) is 59.7 Å². The van der Waals surface area contributed by atoms with Crippen LogP contribution in [0.25, 0.3) is 0 Å². The van der Waals surface area contributed by atoms with Crippen LogP contribution in [0.4, 0.5) is 16.2 Å². The first-order valence-electron chi connectivity index (χ1n) is 8.48. The summed E-state index contributed by atoms with van der Waals surface area (Å²) in [5, 5.41) is 6.36. The molecule has 124 valence electrons. The number of piperazine rings is 1. The first kappa shape index (κ1) is 15.0. The lowest BCUT2D eigenvalue weighted by Crippen LogP contribution is -2.43. The summed E-state index contributed by atoms with van der Waals surface area (Å²) in [6.45, 7) is 5.46. The Balaban J connectivity index is 1.38. The highest BCUT2D eigenvalue weighted by atomic mass is 16.2. The van der Waals surface area contributed by atoms with Crippen molar-refractivity contribution in [1.29, 1.82) is 0 Å². The number of anilines is 2. The monoisotopic (exact) mass is 322 g/mol. The molecular weight excluding hydrogens is 300 g/mol. The topological polar surface area (TPSA) is 47.6 Å². The molecule has 1 saturated heterocycles. The van der Waals surface area contributed by atoms with E-state index in [2.05, 4.69) is 39.8 Å². The molecule has 0 radical (unpaired) electrons. The molecule has 0 bridgehead atoms. The van der Waals surface area contributed by atoms with Gasteiger partial charge in [-0.2, -0.15) is 0 Å². The molecule has 0 atom stereocenters. The van der Waals surface area contributed by atoms with Gasteiger partial charge in [-0.05, 0) is 35.4 Å². The van der Waals surface area contributed by atoms with Crippen LogP contribution in [0.1, 0.15) is 11.1 Å². The van der Waals surface area contributed by atoms with Crippen molar-refractivity contribution in [3.8, 4) is 0 Å². The number of nitrogens with one attached hydrogen (secondary N) is 2. The zero-order valence-corrected chi connectivity index (χ0v) is 13.7. The largest absolute Gasteiger partial charge is 0.369 e. The van der Waals surface area contributed by atoms with E-state index >= 15 is 0 Å². The molecule has 4 rings (SSSR count). The molecule has 2 aromatic rings. The summed E-state index contributed by atoms with van der Waals surface area (Å²) >= 11 is 0. The summed E-state index contributed by atoms with van der Waals surface area (Å²) in [5.74, 6) is 0. The Labute approximate surface area is 142 Å². The van der Waals surface area contributed by atoms with E-state index in [4.69, 9.17) is 0 Å². The number of carbonyl (C=O) groups excluding carboxylic acids is 1. The second-order valence-corrected chi connectivity index (χ2v) is 6.34. The van der Waals surface area contributed by atoms with Gasteiger partial charge in [0.25, 0.3) is 0 Å². The zero-order valence-electron chi connectivity index (χ0n) is 13.7. The molecular formula is C19H22N4O. The molecule has 0 saturated carbocycles. The molecule has 5 nitrogen and oxygen atoms in total. The highest BCUT2D eigenvalue weighted by molar-refractivity contribution is 5.89. The highest BCUT2D eigenvalue weighted by Crippen LogP contribution is 2.24. The number of benzene rings is 2. The Morgan fingerprint density at radius 2 is 1.54 bits per heavy atom. The van der Waals surface area contributed by atoms with Gasteiger partial charge in [0.2, 0.25) is 0 Å². The predicted octanol–water partition coefficient (Wildman–Crippen LogP) is 2.64. The summed E-state index contributed by atoms with van der Waals surface area (Å²) in [5.41, 5.74) is 4.53. The Morgan fingerprint density at radius 1 is 0.917 bits per heavy atom. The van der Waals surface area contributed by atoms with Crippen molar-refractivity contribution in [2.75, 3.05) is 36.4 Å². The zero-order chi connectivity index (χ0) is 16.4. The Kier molecular flexibility index (Phi) is 4.09. The number of hydrogen-bond acceptors (Lipinski definition) is 3. The minimum absolute atomic E-state index is 0.0406. The van der Waals surface area contributed by atoms with Gasteiger partial charge in [0, 0.05) is 50.6 Å². The van der Waals surface area contributed by atoms with Crippen LogP contribution >= 0.6 is 0 Å². The average Bonchev–Trinajstić information content (AvgIpc) is 3.07. The van der Waals surface area contributed by atoms with Gasteiger partial charge >= 0.3 is 6.03 Å². The Morgan fingerprint density at radius 3 is 2.17 bits per heavy atom. The van der Waals surface area contributed by atoms with Crippen molar-refractivity contribution in [1.82, 2.24) is 10.2 Å². The van der Waals surface area contributed by atoms with Gasteiger partial charge in [-0.1, -0.05) is 24.3 Å². The van der Waals surface area contributed by atoms with Gasteiger partial charge in [0.1, 0.15) is 0 Å². The molecule has 2 aliphatic rings. The van der Waals surface area contributed by atoms with Gasteiger partial charge in [-0.3, -0.25) is 0 Å². The predicted molar refractivity (Wildman–Crippen MR) is 96.2 cm³/mol. The second kappa shape index (κ2) is 6.53. The van der Waals surface area contributed by atoms with Crippen LogP contribution in [0.5, 0.6) is 0 Å². The van der Waals surface area contributed by atoms with Gasteiger partial charge in [-0.25, -0.2) is 4.79 Å². The lowest BCUT2D eigenvalue weighted by Gasteiger charge is -2.29. The van der Waals surface area contributed by atoms with Crippen LogP contribution in [0.3, 0.4) is 0 Å². The summed E-state index contributed by atoms with van der Waals surface area (Å²) in [6, 6.07) is 16.3. The normalized spacial score (nSPS) is 16.8. The van der Waals surface area contributed by atoms with E-state index in [-0.39, 0.29) is 6.03 Å². The van der Waals surface area contributed by atoms with Crippen molar-refractivity contribution in [3.63, 3.8) is 0 Å². The maximum atomic E-state index is 12.5. The standard InChI is InChI=1S/C19H22N4O/c24-19(23-13-15-3-1-2-4-16(15)14-23)21-17-5-7-18(8-6-17)22-11-9-20-10-12-22/h1-8,20H,9-14H2,(H,21,24). The highest BCUT2D eigenvalue weighted by Gasteiger charge is 2.22. The number of nitrogens with zero attached hydrogens (tertiary/aromatic N) is 2. The van der Waals surface area contributed by atoms with Crippen LogP contribution < -0.4 is 15.5 Å². The van der Waals surface area contributed by atoms with Crippen LogP contribution in [0.2, 0.25) is 0 Å². The van der Waals surface area contributed by atoms with Crippen LogP contribution in [-0.4, -0.2) is 37.1 Å². The first-order chi connectivity index (χ1) is 11.8. The Hall–Kier alpha value is -2.53. The number of urea groups is 1. The summed E-state index contributed by atoms with van der Waals surface area (Å²) < 4.78 is 0. The van der Waals surface area contributed by atoms with Gasteiger partial charge in [-0.15, -0.1) is 0 Å². The summed E-state index contributed by atoms with van der Waals surface area (Å²) in [7, 11) is 0. The summed E-state index contributed by atoms with van der Waals surface area (Å²) in [4.78, 5) is 16.7. The number of rotatable bonds is 2. The third-order valence-corrected chi connectivity index (χ3v) is 4.73. The molecule has 1 fully saturated rings. The maximum absolute atomic E-state index is 12.5. The minimum Gasteiger partial charge on any atom is -0.369 e. The lowest BCUT2D eigenvalue weighted by atomic mass is 10.1. The lowest BCUT2D eigenvalue weighted by molar-refractivity contribution is 0.212. The number of fused-ring (bicyclic) bond motifs is 1. The molecule has 0 aromatic heterocycles. The quantitative estimate of drug-likeness (QED) is 0.893. The number of carbonyl (C=O) groups is 1. The smallest absolute Gasteiger partial charge is 0.322 e. The van der Waals surface area contributed by atoms with Crippen LogP contribution in [0, 0.1) is 0 Å². The third kappa shape index (κ3) is 3.08. The first-order valence-corrected chi connectivity index (χ1v) is 8.48. The fraction of sp³-hybridized carbons (Fsp3) is 0.316. The molecule has 5 heteroatoms. The van der Waals surface area contributed by atoms with E-state index in [1.807, 2.05) is 29.2 Å². The van der Waals surface area contributed by atoms with Crippen molar-refractivity contribution < 1.29 is 4.79 Å². The van der Waals surface area contributed by atoms with E-state index in [1.54, 1.807) is 0 Å². The SMILES string of the molecule is O=C(Nc1ccc(N2CCNCC2)cc1)N1Cc2ccccc2C1. The van der Waals surface area contributed by atoms with Crippen LogP contribution in [-0.2, 0) is 13.1 Å². The molecule has 0 unspecified atom stereocenters. The van der Waals surface area contributed by atoms with Crippen molar-refractivity contribution in [2.45, 2.75) is 13.1 Å². The fourth-order valence-corrected chi connectivity index (χ4v) is 3.36. The molecule has 0 spiro atoms. The van der Waals surface area contributed by atoms with E-state index in [1.165, 1.54) is 16.8 Å². The average molecular weight is 322 g/mol. The van der Waals surface area contributed by atoms with Gasteiger partial charge < -0.3 is 20.4 Å². The fourth-order valence-electron chi connectivity index (χ4n) is 3.36. The summed E-state index contributed by atoms with van der Waals surface area (Å²) in [6.07, 6.45) is 0. The van der Waals surface area contributed by atoms with E-state index in [9.17, 15) is 4.79 Å². The van der Waals surface area contributed by atoms with E-state index < -0.39 is 0 Å². The maximum Gasteiger partial charge on any atom is 0.322 e. The number of amides is 2. The molecule has 2 N–H and O–H groups in total. The number of hydrogen-bond donors (Lipinski definition) is 2. The molecule has 24 heavy (non-hydrogen) atoms. The molecule has 2 amide bonds. The van der Waals surface area contributed by atoms with Crippen molar-refractivity contribution >= 4 is 17.4 Å². The van der Waals surface area contributed by atoms with Gasteiger partial charge in [0.15, 0.2) is 0 Å². The molecule has 0 aliphatic carbocycles. The van der Waals surface area contributed by atoms with E-state index in [0.29, 0.717) is 13.1 Å². The third-order valence-electron chi connectivity index (χ3n) is 4.73. The molecule has 2 aliphatic heterocycles. The van der Waals surface area contributed by atoms with Gasteiger partial charge in [0.05, 0.1) is 0 Å². The van der Waals surface area contributed by atoms with Crippen LogP contribution in [0.15, 0.2) is 48.5 Å². The molecule has 2 heterocycles. The second-order valence-electron chi connectivity index (χ2n) is 6.34. The molecule has 2 aromatic carbocycles. The minimum atomic E-state index is -0.0406. The Bertz CT molecular complexity index is 697.